The smallest absolute Gasteiger partial charge is 0.126 e. The largest absolute Gasteiger partial charge is 0.324 e. The standard InChI is InChI=1S/C14H12BrClFN/c15-10-5-6-12(16)11(8-10)14(18)7-9-3-1-2-4-13(9)17/h1-6,8,14H,7,18H2. The second-order valence-corrected chi connectivity index (χ2v) is 5.39. The molecule has 1 nitrogen and oxygen atoms in total. The van der Waals surface area contributed by atoms with Crippen LogP contribution in [-0.4, -0.2) is 0 Å². The summed E-state index contributed by atoms with van der Waals surface area (Å²) in [5.74, 6) is -0.237. The van der Waals surface area contributed by atoms with E-state index in [1.54, 1.807) is 24.3 Å². The summed E-state index contributed by atoms with van der Waals surface area (Å²) in [6.45, 7) is 0. The van der Waals surface area contributed by atoms with Crippen LogP contribution >= 0.6 is 27.5 Å². The average Bonchev–Trinajstić information content (AvgIpc) is 2.35. The summed E-state index contributed by atoms with van der Waals surface area (Å²) < 4.78 is 14.5. The van der Waals surface area contributed by atoms with Crippen molar-refractivity contribution >= 4 is 27.5 Å². The highest BCUT2D eigenvalue weighted by atomic mass is 79.9. The Morgan fingerprint density at radius 1 is 1.22 bits per heavy atom. The maximum Gasteiger partial charge on any atom is 0.126 e. The molecule has 0 aliphatic heterocycles. The van der Waals surface area contributed by atoms with Crippen molar-refractivity contribution in [3.8, 4) is 0 Å². The van der Waals surface area contributed by atoms with E-state index >= 15 is 0 Å². The van der Waals surface area contributed by atoms with Gasteiger partial charge in [-0.1, -0.05) is 45.7 Å². The van der Waals surface area contributed by atoms with Gasteiger partial charge >= 0.3 is 0 Å². The Bertz CT molecular complexity index is 559. The van der Waals surface area contributed by atoms with E-state index in [1.165, 1.54) is 6.07 Å². The summed E-state index contributed by atoms with van der Waals surface area (Å²) >= 11 is 9.48. The molecule has 0 amide bonds. The summed E-state index contributed by atoms with van der Waals surface area (Å²) in [4.78, 5) is 0. The van der Waals surface area contributed by atoms with Crippen LogP contribution in [0.2, 0.25) is 5.02 Å². The first-order valence-electron chi connectivity index (χ1n) is 5.52. The lowest BCUT2D eigenvalue weighted by molar-refractivity contribution is 0.593. The van der Waals surface area contributed by atoms with Crippen molar-refractivity contribution < 1.29 is 4.39 Å². The predicted molar refractivity (Wildman–Crippen MR) is 76.2 cm³/mol. The van der Waals surface area contributed by atoms with Crippen LogP contribution < -0.4 is 5.73 Å². The Hall–Kier alpha value is -0.900. The van der Waals surface area contributed by atoms with Crippen molar-refractivity contribution in [1.82, 2.24) is 0 Å². The second kappa shape index (κ2) is 5.83. The van der Waals surface area contributed by atoms with Gasteiger partial charge < -0.3 is 5.73 Å². The van der Waals surface area contributed by atoms with Crippen LogP contribution in [0.25, 0.3) is 0 Å². The SMILES string of the molecule is NC(Cc1ccccc1F)c1cc(Br)ccc1Cl. The number of nitrogens with two attached hydrogens (primary N) is 1. The summed E-state index contributed by atoms with van der Waals surface area (Å²) in [5, 5.41) is 0.599. The topological polar surface area (TPSA) is 26.0 Å². The van der Waals surface area contributed by atoms with Gasteiger partial charge in [0.2, 0.25) is 0 Å². The summed E-state index contributed by atoms with van der Waals surface area (Å²) in [6, 6.07) is 11.8. The van der Waals surface area contributed by atoms with Gasteiger partial charge in [0, 0.05) is 15.5 Å². The molecule has 0 spiro atoms. The van der Waals surface area contributed by atoms with Crippen LogP contribution in [0.1, 0.15) is 17.2 Å². The minimum atomic E-state index is -0.327. The number of benzene rings is 2. The fraction of sp³-hybridized carbons (Fsp3) is 0.143. The Morgan fingerprint density at radius 2 is 1.94 bits per heavy atom. The second-order valence-electron chi connectivity index (χ2n) is 4.07. The summed E-state index contributed by atoms with van der Waals surface area (Å²) in [6.07, 6.45) is 0.419. The van der Waals surface area contributed by atoms with Gasteiger partial charge in [0.05, 0.1) is 0 Å². The fourth-order valence-electron chi connectivity index (χ4n) is 1.81. The van der Waals surface area contributed by atoms with Crippen molar-refractivity contribution in [3.63, 3.8) is 0 Å². The molecule has 4 heteroatoms. The molecule has 94 valence electrons. The molecular weight excluding hydrogens is 317 g/mol. The summed E-state index contributed by atoms with van der Waals surface area (Å²) in [5.41, 5.74) is 7.51. The van der Waals surface area contributed by atoms with Crippen molar-refractivity contribution in [3.05, 3.63) is 68.9 Å². The first-order valence-corrected chi connectivity index (χ1v) is 6.69. The van der Waals surface area contributed by atoms with E-state index in [2.05, 4.69) is 15.9 Å². The molecule has 0 aliphatic carbocycles. The zero-order valence-electron chi connectivity index (χ0n) is 9.54. The molecule has 0 aromatic heterocycles. The Morgan fingerprint density at radius 3 is 2.67 bits per heavy atom. The molecule has 0 radical (unpaired) electrons. The van der Waals surface area contributed by atoms with Gasteiger partial charge in [0.15, 0.2) is 0 Å². The molecule has 2 rings (SSSR count). The minimum Gasteiger partial charge on any atom is -0.324 e. The molecule has 1 unspecified atom stereocenters. The van der Waals surface area contributed by atoms with Gasteiger partial charge in [-0.15, -0.1) is 0 Å². The lowest BCUT2D eigenvalue weighted by Crippen LogP contribution is -2.14. The van der Waals surface area contributed by atoms with Crippen molar-refractivity contribution in [2.24, 2.45) is 5.73 Å². The third-order valence-electron chi connectivity index (χ3n) is 2.76. The summed E-state index contributed by atoms with van der Waals surface area (Å²) in [7, 11) is 0. The predicted octanol–water partition coefficient (Wildman–Crippen LogP) is 4.48. The van der Waals surface area contributed by atoms with Crippen LogP contribution in [0.4, 0.5) is 4.39 Å². The highest BCUT2D eigenvalue weighted by Gasteiger charge is 2.13. The van der Waals surface area contributed by atoms with Crippen LogP contribution in [0.3, 0.4) is 0 Å². The molecule has 2 N–H and O–H groups in total. The lowest BCUT2D eigenvalue weighted by atomic mass is 9.99. The molecule has 0 bridgehead atoms. The Kier molecular flexibility index (Phi) is 4.38. The first kappa shape index (κ1) is 13.5. The van der Waals surface area contributed by atoms with Crippen molar-refractivity contribution in [1.29, 1.82) is 0 Å². The van der Waals surface area contributed by atoms with Crippen LogP contribution in [0.5, 0.6) is 0 Å². The van der Waals surface area contributed by atoms with E-state index in [9.17, 15) is 4.39 Å². The molecule has 0 aliphatic rings. The van der Waals surface area contributed by atoms with Crippen LogP contribution in [-0.2, 0) is 6.42 Å². The third-order valence-corrected chi connectivity index (χ3v) is 3.59. The molecule has 2 aromatic carbocycles. The molecule has 0 saturated heterocycles. The maximum absolute atomic E-state index is 13.5. The van der Waals surface area contributed by atoms with Gasteiger partial charge in [-0.2, -0.15) is 0 Å². The quantitative estimate of drug-likeness (QED) is 0.883. The van der Waals surface area contributed by atoms with Crippen molar-refractivity contribution in [2.45, 2.75) is 12.5 Å². The Labute approximate surface area is 119 Å². The molecular formula is C14H12BrClFN. The van der Waals surface area contributed by atoms with E-state index in [-0.39, 0.29) is 11.9 Å². The van der Waals surface area contributed by atoms with Gasteiger partial charge in [-0.3, -0.25) is 0 Å². The zero-order chi connectivity index (χ0) is 13.1. The highest BCUT2D eigenvalue weighted by molar-refractivity contribution is 9.10. The number of hydrogen-bond donors (Lipinski definition) is 1. The molecule has 18 heavy (non-hydrogen) atoms. The molecule has 0 fully saturated rings. The van der Waals surface area contributed by atoms with Gasteiger partial charge in [-0.05, 0) is 41.8 Å². The van der Waals surface area contributed by atoms with Crippen LogP contribution in [0, 0.1) is 5.82 Å². The average molecular weight is 329 g/mol. The monoisotopic (exact) mass is 327 g/mol. The first-order chi connectivity index (χ1) is 8.58. The Balaban J connectivity index is 2.25. The van der Waals surface area contributed by atoms with E-state index < -0.39 is 0 Å². The van der Waals surface area contributed by atoms with Crippen molar-refractivity contribution in [2.75, 3.05) is 0 Å². The van der Waals surface area contributed by atoms with E-state index in [0.717, 1.165) is 10.0 Å². The zero-order valence-corrected chi connectivity index (χ0v) is 11.9. The third kappa shape index (κ3) is 3.10. The van der Waals surface area contributed by atoms with Gasteiger partial charge in [0.1, 0.15) is 5.82 Å². The molecule has 0 saturated carbocycles. The van der Waals surface area contributed by atoms with E-state index in [4.69, 9.17) is 17.3 Å². The minimum absolute atomic E-state index is 0.237. The fourth-order valence-corrected chi connectivity index (χ4v) is 2.45. The normalized spacial score (nSPS) is 12.4. The van der Waals surface area contributed by atoms with Gasteiger partial charge in [0.25, 0.3) is 0 Å². The number of halogens is 3. The van der Waals surface area contributed by atoms with Crippen LogP contribution in [0.15, 0.2) is 46.9 Å². The number of hydrogen-bond acceptors (Lipinski definition) is 1. The van der Waals surface area contributed by atoms with E-state index in [1.807, 2.05) is 12.1 Å². The highest BCUT2D eigenvalue weighted by Crippen LogP contribution is 2.27. The maximum atomic E-state index is 13.5. The van der Waals surface area contributed by atoms with E-state index in [0.29, 0.717) is 17.0 Å². The van der Waals surface area contributed by atoms with Gasteiger partial charge in [-0.25, -0.2) is 4.39 Å². The molecule has 1 atom stereocenters. The molecule has 2 aromatic rings. The number of rotatable bonds is 3. The lowest BCUT2D eigenvalue weighted by Gasteiger charge is -2.14. The molecule has 0 heterocycles.